The molecule has 0 unspecified atom stereocenters. The van der Waals surface area contributed by atoms with Gasteiger partial charge in [-0.3, -0.25) is 0 Å². The summed E-state index contributed by atoms with van der Waals surface area (Å²) in [5.41, 5.74) is 0. The Morgan fingerprint density at radius 1 is 0.650 bits per heavy atom. The molecule has 0 aromatic heterocycles. The fourth-order valence-corrected chi connectivity index (χ4v) is 2.17. The summed E-state index contributed by atoms with van der Waals surface area (Å²) in [6, 6.07) is 0. The standard InChI is InChI=1S/C18H38O2/c1-5-7-9-11-15-19-18(14-13-17(3)4)20-16-12-10-8-6-2/h17-18H,5-16H2,1-4H3. The summed E-state index contributed by atoms with van der Waals surface area (Å²) in [6.07, 6.45) is 12.4. The topological polar surface area (TPSA) is 18.5 Å². The van der Waals surface area contributed by atoms with Gasteiger partial charge in [-0.15, -0.1) is 0 Å². The van der Waals surface area contributed by atoms with Crippen LogP contribution in [0.2, 0.25) is 0 Å². The van der Waals surface area contributed by atoms with Gasteiger partial charge in [0, 0.05) is 13.2 Å². The highest BCUT2D eigenvalue weighted by atomic mass is 16.7. The Bertz CT molecular complexity index is 166. The third kappa shape index (κ3) is 14.3. The van der Waals surface area contributed by atoms with Crippen LogP contribution in [0.5, 0.6) is 0 Å². The van der Waals surface area contributed by atoms with E-state index in [0.29, 0.717) is 0 Å². The highest BCUT2D eigenvalue weighted by molar-refractivity contribution is 4.52. The van der Waals surface area contributed by atoms with Crippen molar-refractivity contribution in [3.8, 4) is 0 Å². The number of hydrogen-bond donors (Lipinski definition) is 0. The second-order valence-electron chi connectivity index (χ2n) is 6.26. The maximum Gasteiger partial charge on any atom is 0.157 e. The highest BCUT2D eigenvalue weighted by Crippen LogP contribution is 2.13. The molecule has 0 radical (unpaired) electrons. The fourth-order valence-electron chi connectivity index (χ4n) is 2.17. The zero-order valence-corrected chi connectivity index (χ0v) is 14.5. The van der Waals surface area contributed by atoms with Crippen LogP contribution in [0, 0.1) is 5.92 Å². The molecule has 0 rings (SSSR count). The molecule has 0 saturated heterocycles. The SMILES string of the molecule is CCCCCCOC(CCC(C)C)OCCCCCC. The third-order valence-corrected chi connectivity index (χ3v) is 3.58. The molecule has 0 N–H and O–H groups in total. The van der Waals surface area contributed by atoms with Gasteiger partial charge in [-0.1, -0.05) is 66.2 Å². The summed E-state index contributed by atoms with van der Waals surface area (Å²) in [5.74, 6) is 0.727. The number of hydrogen-bond acceptors (Lipinski definition) is 2. The first-order valence-electron chi connectivity index (χ1n) is 8.93. The molecule has 0 fully saturated rings. The molecule has 0 atom stereocenters. The van der Waals surface area contributed by atoms with Gasteiger partial charge in [-0.05, 0) is 31.6 Å². The molecule has 2 heteroatoms. The van der Waals surface area contributed by atoms with Crippen molar-refractivity contribution in [2.24, 2.45) is 5.92 Å². The summed E-state index contributed by atoms with van der Waals surface area (Å²) in [6.45, 7) is 10.7. The first-order valence-corrected chi connectivity index (χ1v) is 8.93. The molecule has 0 aliphatic heterocycles. The zero-order chi connectivity index (χ0) is 15.1. The quantitative estimate of drug-likeness (QED) is 0.274. The Kier molecular flexibility index (Phi) is 15.3. The van der Waals surface area contributed by atoms with Crippen molar-refractivity contribution in [1.29, 1.82) is 0 Å². The lowest BCUT2D eigenvalue weighted by atomic mass is 10.1. The Labute approximate surface area is 127 Å². The molecule has 0 aliphatic carbocycles. The van der Waals surface area contributed by atoms with Crippen LogP contribution in [-0.4, -0.2) is 19.5 Å². The molecule has 0 saturated carbocycles. The van der Waals surface area contributed by atoms with Crippen molar-refractivity contribution in [2.45, 2.75) is 98.2 Å². The minimum atomic E-state index is 0.0284. The molecule has 0 amide bonds. The Morgan fingerprint density at radius 3 is 1.55 bits per heavy atom. The van der Waals surface area contributed by atoms with Gasteiger partial charge in [0.05, 0.1) is 0 Å². The van der Waals surface area contributed by atoms with E-state index in [1.54, 1.807) is 0 Å². The van der Waals surface area contributed by atoms with Gasteiger partial charge in [0.2, 0.25) is 0 Å². The average molecular weight is 286 g/mol. The summed E-state index contributed by atoms with van der Waals surface area (Å²) in [5, 5.41) is 0. The predicted molar refractivity (Wildman–Crippen MR) is 88.0 cm³/mol. The van der Waals surface area contributed by atoms with E-state index in [1.165, 1.54) is 57.8 Å². The van der Waals surface area contributed by atoms with Crippen LogP contribution >= 0.6 is 0 Å². The van der Waals surface area contributed by atoms with Crippen LogP contribution in [0.25, 0.3) is 0 Å². The van der Waals surface area contributed by atoms with Gasteiger partial charge in [-0.2, -0.15) is 0 Å². The van der Waals surface area contributed by atoms with Crippen LogP contribution in [0.4, 0.5) is 0 Å². The average Bonchev–Trinajstić information content (AvgIpc) is 2.43. The molecule has 0 aromatic rings. The lowest BCUT2D eigenvalue weighted by Gasteiger charge is -2.19. The molecule has 122 valence electrons. The van der Waals surface area contributed by atoms with Crippen LogP contribution in [0.1, 0.15) is 91.9 Å². The molecule has 0 spiro atoms. The minimum absolute atomic E-state index is 0.0284. The fraction of sp³-hybridized carbons (Fsp3) is 1.00. The first kappa shape index (κ1) is 19.9. The van der Waals surface area contributed by atoms with Gasteiger partial charge < -0.3 is 9.47 Å². The zero-order valence-electron chi connectivity index (χ0n) is 14.5. The smallest absolute Gasteiger partial charge is 0.157 e. The Balaban J connectivity index is 3.70. The largest absolute Gasteiger partial charge is 0.353 e. The van der Waals surface area contributed by atoms with Gasteiger partial charge in [0.15, 0.2) is 6.29 Å². The molecular formula is C18H38O2. The van der Waals surface area contributed by atoms with Crippen LogP contribution in [-0.2, 0) is 9.47 Å². The van der Waals surface area contributed by atoms with Crippen molar-refractivity contribution in [2.75, 3.05) is 13.2 Å². The van der Waals surface area contributed by atoms with Crippen molar-refractivity contribution in [1.82, 2.24) is 0 Å². The summed E-state index contributed by atoms with van der Waals surface area (Å²) >= 11 is 0. The van der Waals surface area contributed by atoms with E-state index in [9.17, 15) is 0 Å². The van der Waals surface area contributed by atoms with Crippen LogP contribution in [0.3, 0.4) is 0 Å². The van der Waals surface area contributed by atoms with Crippen molar-refractivity contribution in [3.05, 3.63) is 0 Å². The van der Waals surface area contributed by atoms with E-state index < -0.39 is 0 Å². The van der Waals surface area contributed by atoms with E-state index in [-0.39, 0.29) is 6.29 Å². The molecule has 0 bridgehead atoms. The molecule has 0 heterocycles. The summed E-state index contributed by atoms with van der Waals surface area (Å²) in [7, 11) is 0. The van der Waals surface area contributed by atoms with Gasteiger partial charge in [0.1, 0.15) is 0 Å². The number of rotatable bonds is 15. The highest BCUT2D eigenvalue weighted by Gasteiger charge is 2.10. The van der Waals surface area contributed by atoms with Gasteiger partial charge in [0.25, 0.3) is 0 Å². The minimum Gasteiger partial charge on any atom is -0.353 e. The molecule has 2 nitrogen and oxygen atoms in total. The molecule has 0 aromatic carbocycles. The summed E-state index contributed by atoms with van der Waals surface area (Å²) in [4.78, 5) is 0. The van der Waals surface area contributed by atoms with Crippen molar-refractivity contribution >= 4 is 0 Å². The molecule has 20 heavy (non-hydrogen) atoms. The van der Waals surface area contributed by atoms with Gasteiger partial charge in [-0.25, -0.2) is 0 Å². The second kappa shape index (κ2) is 15.3. The molecule has 0 aliphatic rings. The van der Waals surface area contributed by atoms with E-state index >= 15 is 0 Å². The number of ether oxygens (including phenoxy) is 2. The van der Waals surface area contributed by atoms with Gasteiger partial charge >= 0.3 is 0 Å². The lowest BCUT2D eigenvalue weighted by molar-refractivity contribution is -0.148. The maximum absolute atomic E-state index is 5.92. The van der Waals surface area contributed by atoms with E-state index in [0.717, 1.165) is 25.6 Å². The lowest BCUT2D eigenvalue weighted by Crippen LogP contribution is -2.19. The van der Waals surface area contributed by atoms with E-state index in [4.69, 9.17) is 9.47 Å². The normalized spacial score (nSPS) is 11.7. The summed E-state index contributed by atoms with van der Waals surface area (Å²) < 4.78 is 11.8. The third-order valence-electron chi connectivity index (χ3n) is 3.58. The maximum atomic E-state index is 5.92. The van der Waals surface area contributed by atoms with Crippen LogP contribution in [0.15, 0.2) is 0 Å². The Morgan fingerprint density at radius 2 is 1.15 bits per heavy atom. The second-order valence-corrected chi connectivity index (χ2v) is 6.26. The first-order chi connectivity index (χ1) is 9.70. The number of unbranched alkanes of at least 4 members (excludes halogenated alkanes) is 6. The van der Waals surface area contributed by atoms with E-state index in [1.807, 2.05) is 0 Å². The molecular weight excluding hydrogens is 248 g/mol. The van der Waals surface area contributed by atoms with E-state index in [2.05, 4.69) is 27.7 Å². The Hall–Kier alpha value is -0.0800. The monoisotopic (exact) mass is 286 g/mol. The predicted octanol–water partition coefficient (Wildman–Crippen LogP) is 5.94. The van der Waals surface area contributed by atoms with Crippen molar-refractivity contribution in [3.63, 3.8) is 0 Å². The van der Waals surface area contributed by atoms with Crippen molar-refractivity contribution < 1.29 is 9.47 Å². The van der Waals surface area contributed by atoms with Crippen LogP contribution < -0.4 is 0 Å².